The van der Waals surface area contributed by atoms with Gasteiger partial charge in [0.15, 0.2) is 0 Å². The van der Waals surface area contributed by atoms with Gasteiger partial charge >= 0.3 is 11.9 Å². The number of rotatable bonds is 5. The number of benzene rings is 1. The fraction of sp³-hybridized carbons (Fsp3) is 0.238. The largest absolute Gasteiger partial charge is 0.463 e. The van der Waals surface area contributed by atoms with Crippen molar-refractivity contribution < 1.29 is 19.1 Å². The topological polar surface area (TPSA) is 83.8 Å². The molecule has 0 N–H and O–H groups in total. The summed E-state index contributed by atoms with van der Waals surface area (Å²) in [7, 11) is 1.30. The van der Waals surface area contributed by atoms with Crippen LogP contribution in [-0.4, -0.2) is 42.4 Å². The van der Waals surface area contributed by atoms with E-state index in [1.54, 1.807) is 23.8 Å². The summed E-state index contributed by atoms with van der Waals surface area (Å²) >= 11 is 1.47. The van der Waals surface area contributed by atoms with Gasteiger partial charge in [-0.3, -0.25) is 4.90 Å². The lowest BCUT2D eigenvalue weighted by molar-refractivity contribution is -0.139. The van der Waals surface area contributed by atoms with Gasteiger partial charge in [-0.25, -0.2) is 14.6 Å². The second kappa shape index (κ2) is 8.11. The fourth-order valence-electron chi connectivity index (χ4n) is 3.42. The number of para-hydroxylation sites is 1. The monoisotopic (exact) mass is 424 g/mol. The molecule has 4 rings (SSSR count). The van der Waals surface area contributed by atoms with Gasteiger partial charge in [-0.15, -0.1) is 16.4 Å². The van der Waals surface area contributed by atoms with Crippen LogP contribution in [0.15, 0.2) is 69.2 Å². The van der Waals surface area contributed by atoms with Crippen LogP contribution in [0.5, 0.6) is 0 Å². The molecule has 2 aliphatic heterocycles. The number of methoxy groups -OCH3 is 1. The van der Waals surface area contributed by atoms with Crippen molar-refractivity contribution in [1.82, 2.24) is 4.90 Å². The van der Waals surface area contributed by atoms with Crippen molar-refractivity contribution in [2.24, 2.45) is 10.1 Å². The molecule has 154 valence electrons. The number of nitrogens with zero attached hydrogens (tertiary/aromatic N) is 4. The number of amidine groups is 1. The maximum atomic E-state index is 12.9. The van der Waals surface area contributed by atoms with Crippen molar-refractivity contribution in [3.8, 4) is 0 Å². The van der Waals surface area contributed by atoms with Crippen LogP contribution in [0.4, 0.5) is 5.69 Å². The zero-order valence-corrected chi connectivity index (χ0v) is 17.5. The molecule has 1 atom stereocenters. The summed E-state index contributed by atoms with van der Waals surface area (Å²) in [6.07, 6.45) is 0. The fourth-order valence-corrected chi connectivity index (χ4v) is 4.24. The lowest BCUT2D eigenvalue weighted by atomic mass is 10.00. The molecule has 8 nitrogen and oxygen atoms in total. The van der Waals surface area contributed by atoms with Crippen LogP contribution in [-0.2, 0) is 19.1 Å². The number of carbonyl (C=O) groups is 2. The number of ether oxygens (including phenoxy) is 2. The van der Waals surface area contributed by atoms with Gasteiger partial charge < -0.3 is 9.47 Å². The van der Waals surface area contributed by atoms with E-state index in [0.717, 1.165) is 10.6 Å². The molecular weight excluding hydrogens is 404 g/mol. The highest BCUT2D eigenvalue weighted by Crippen LogP contribution is 2.41. The minimum absolute atomic E-state index is 0.0489. The number of aliphatic imine (C=N–C) groups is 1. The number of hydrazone groups is 1. The molecule has 30 heavy (non-hydrogen) atoms. The van der Waals surface area contributed by atoms with Crippen LogP contribution in [0.25, 0.3) is 0 Å². The van der Waals surface area contributed by atoms with Gasteiger partial charge in [-0.05, 0) is 37.4 Å². The Labute approximate surface area is 177 Å². The smallest absolute Gasteiger partial charge is 0.376 e. The number of anilines is 1. The van der Waals surface area contributed by atoms with E-state index in [0.29, 0.717) is 17.2 Å². The van der Waals surface area contributed by atoms with E-state index in [1.807, 2.05) is 47.8 Å². The molecular formula is C21H20N4O4S. The highest BCUT2D eigenvalue weighted by atomic mass is 32.1. The molecule has 1 unspecified atom stereocenters. The second-order valence-electron chi connectivity index (χ2n) is 6.48. The first kappa shape index (κ1) is 19.8. The van der Waals surface area contributed by atoms with E-state index in [4.69, 9.17) is 9.47 Å². The summed E-state index contributed by atoms with van der Waals surface area (Å²) in [5.74, 6) is -0.623. The molecule has 0 spiro atoms. The maximum Gasteiger partial charge on any atom is 0.376 e. The Balaban J connectivity index is 1.92. The van der Waals surface area contributed by atoms with Gasteiger partial charge in [0.2, 0.25) is 11.8 Å². The minimum Gasteiger partial charge on any atom is -0.463 e. The standard InChI is InChI=1S/C21H20N4O4S/c1-4-29-19(26)16-13(2)22-21-24(17(16)15-11-8-12-30-15)18(20(27)28-3)23-25(21)14-9-6-5-7-10-14/h5-12,17H,4H2,1-3H3. The number of allylic oxidation sites excluding steroid dienone is 1. The lowest BCUT2D eigenvalue weighted by Crippen LogP contribution is -2.46. The average Bonchev–Trinajstić information content (AvgIpc) is 3.41. The van der Waals surface area contributed by atoms with Gasteiger partial charge in [-0.1, -0.05) is 24.3 Å². The van der Waals surface area contributed by atoms with Crippen molar-refractivity contribution in [1.29, 1.82) is 0 Å². The predicted octanol–water partition coefficient (Wildman–Crippen LogP) is 3.30. The first-order valence-corrected chi connectivity index (χ1v) is 10.3. The Morgan fingerprint density at radius 1 is 1.13 bits per heavy atom. The third kappa shape index (κ3) is 3.26. The Morgan fingerprint density at radius 2 is 1.90 bits per heavy atom. The molecule has 0 fully saturated rings. The number of guanidine groups is 1. The van der Waals surface area contributed by atoms with Crippen LogP contribution in [0, 0.1) is 0 Å². The van der Waals surface area contributed by atoms with E-state index in [-0.39, 0.29) is 12.4 Å². The second-order valence-corrected chi connectivity index (χ2v) is 7.46. The molecule has 2 aliphatic rings. The van der Waals surface area contributed by atoms with Gasteiger partial charge in [-0.2, -0.15) is 5.01 Å². The van der Waals surface area contributed by atoms with Crippen LogP contribution >= 0.6 is 11.3 Å². The summed E-state index contributed by atoms with van der Waals surface area (Å²) in [6, 6.07) is 12.6. The Bertz CT molecular complexity index is 1060. The van der Waals surface area contributed by atoms with Crippen LogP contribution in [0.2, 0.25) is 0 Å². The van der Waals surface area contributed by atoms with Crippen molar-refractivity contribution in [2.75, 3.05) is 18.7 Å². The summed E-state index contributed by atoms with van der Waals surface area (Å²) in [5.41, 5.74) is 1.62. The van der Waals surface area contributed by atoms with Gasteiger partial charge in [0.25, 0.3) is 0 Å². The number of carbonyl (C=O) groups excluding carboxylic acids is 2. The third-order valence-electron chi connectivity index (χ3n) is 4.69. The quantitative estimate of drug-likeness (QED) is 0.685. The highest BCUT2D eigenvalue weighted by Gasteiger charge is 2.47. The van der Waals surface area contributed by atoms with Crippen molar-refractivity contribution in [3.05, 3.63) is 64.0 Å². The summed E-state index contributed by atoms with van der Waals surface area (Å²) in [4.78, 5) is 32.6. The average molecular weight is 424 g/mol. The Kier molecular flexibility index (Phi) is 5.37. The zero-order chi connectivity index (χ0) is 21.3. The molecule has 3 heterocycles. The molecule has 0 saturated carbocycles. The Morgan fingerprint density at radius 3 is 2.53 bits per heavy atom. The molecule has 0 amide bonds. The number of esters is 2. The van der Waals surface area contributed by atoms with E-state index in [9.17, 15) is 9.59 Å². The first-order valence-electron chi connectivity index (χ1n) is 9.38. The number of hydrogen-bond donors (Lipinski definition) is 0. The number of fused-ring (bicyclic) bond motifs is 1. The third-order valence-corrected chi connectivity index (χ3v) is 5.62. The number of hydrogen-bond acceptors (Lipinski definition) is 9. The molecule has 0 saturated heterocycles. The summed E-state index contributed by atoms with van der Waals surface area (Å²) < 4.78 is 10.3. The molecule has 1 aromatic heterocycles. The molecule has 9 heteroatoms. The zero-order valence-electron chi connectivity index (χ0n) is 16.7. The molecule has 0 aliphatic carbocycles. The van der Waals surface area contributed by atoms with Crippen molar-refractivity contribution in [3.63, 3.8) is 0 Å². The van der Waals surface area contributed by atoms with E-state index in [1.165, 1.54) is 18.4 Å². The summed E-state index contributed by atoms with van der Waals surface area (Å²) in [5, 5.41) is 8.00. The molecule has 2 aromatic rings. The van der Waals surface area contributed by atoms with Gasteiger partial charge in [0, 0.05) is 4.88 Å². The molecule has 1 aromatic carbocycles. The maximum absolute atomic E-state index is 12.9. The Hall–Kier alpha value is -3.46. The van der Waals surface area contributed by atoms with Gasteiger partial charge in [0.1, 0.15) is 6.04 Å². The number of thiophene rings is 1. The van der Waals surface area contributed by atoms with Crippen LogP contribution in [0.3, 0.4) is 0 Å². The SMILES string of the molecule is CCOC(=O)C1=C(C)N=C2N(c3ccccc3)N=C(C(=O)OC)N2C1c1cccs1. The molecule has 0 radical (unpaired) electrons. The van der Waals surface area contributed by atoms with Gasteiger partial charge in [0.05, 0.1) is 30.7 Å². The van der Waals surface area contributed by atoms with Crippen LogP contribution < -0.4 is 5.01 Å². The first-order chi connectivity index (χ1) is 14.6. The lowest BCUT2D eigenvalue weighted by Gasteiger charge is -2.34. The van der Waals surface area contributed by atoms with E-state index in [2.05, 4.69) is 10.1 Å². The summed E-state index contributed by atoms with van der Waals surface area (Å²) in [6.45, 7) is 3.74. The van der Waals surface area contributed by atoms with Crippen molar-refractivity contribution >= 4 is 40.8 Å². The van der Waals surface area contributed by atoms with E-state index < -0.39 is 18.0 Å². The highest BCUT2D eigenvalue weighted by molar-refractivity contribution is 7.10. The van der Waals surface area contributed by atoms with Crippen LogP contribution in [0.1, 0.15) is 24.8 Å². The van der Waals surface area contributed by atoms with Crippen molar-refractivity contribution in [2.45, 2.75) is 19.9 Å². The van der Waals surface area contributed by atoms with E-state index >= 15 is 0 Å². The minimum atomic E-state index is -0.620. The molecule has 0 bridgehead atoms. The normalized spacial score (nSPS) is 18.0. The predicted molar refractivity (Wildman–Crippen MR) is 114 cm³/mol.